The summed E-state index contributed by atoms with van der Waals surface area (Å²) < 4.78 is 7.05. The second-order valence-corrected chi connectivity index (χ2v) is 9.68. The van der Waals surface area contributed by atoms with Gasteiger partial charge in [0.15, 0.2) is 0 Å². The number of rotatable bonds is 7. The highest BCUT2D eigenvalue weighted by Crippen LogP contribution is 2.60. The van der Waals surface area contributed by atoms with E-state index in [9.17, 15) is 5.11 Å². The molecule has 0 unspecified atom stereocenters. The van der Waals surface area contributed by atoms with Gasteiger partial charge in [-0.05, 0) is 36.0 Å². The van der Waals surface area contributed by atoms with Crippen LogP contribution < -0.4 is 0 Å². The summed E-state index contributed by atoms with van der Waals surface area (Å²) >= 11 is 0. The Bertz CT molecular complexity index is 569. The number of aliphatic hydroxyl groups excluding tert-OH is 1. The maximum atomic E-state index is 10.6. The van der Waals surface area contributed by atoms with E-state index >= 15 is 0 Å². The molecule has 0 spiro atoms. The molecule has 0 saturated heterocycles. The van der Waals surface area contributed by atoms with Crippen LogP contribution in [-0.2, 0) is 11.3 Å². The highest BCUT2D eigenvalue weighted by atomic mass is 16.5. The lowest BCUT2D eigenvalue weighted by Crippen LogP contribution is -2.46. The minimum Gasteiger partial charge on any atom is -0.385 e. The molecule has 3 heteroatoms. The summed E-state index contributed by atoms with van der Waals surface area (Å²) in [7, 11) is 4.36. The van der Waals surface area contributed by atoms with Gasteiger partial charge in [-0.1, -0.05) is 51.1 Å². The number of ether oxygens (including phenoxy) is 1. The Labute approximate surface area is 153 Å². The van der Waals surface area contributed by atoms with Crippen LogP contribution in [0.2, 0.25) is 0 Å². The van der Waals surface area contributed by atoms with E-state index in [-0.39, 0.29) is 0 Å². The molecule has 0 radical (unpaired) electrons. The van der Waals surface area contributed by atoms with Gasteiger partial charge in [0, 0.05) is 5.56 Å². The first-order chi connectivity index (χ1) is 11.7. The number of hydrogen-bond acceptors (Lipinski definition) is 2. The Morgan fingerprint density at radius 2 is 1.80 bits per heavy atom. The van der Waals surface area contributed by atoms with Gasteiger partial charge in [0.1, 0.15) is 19.2 Å². The fourth-order valence-corrected chi connectivity index (χ4v) is 5.76. The smallest absolute Gasteiger partial charge is 0.126 e. The Morgan fingerprint density at radius 1 is 1.16 bits per heavy atom. The topological polar surface area (TPSA) is 29.5 Å². The normalized spacial score (nSPS) is 32.1. The minimum absolute atomic E-state index is 0.327. The first-order valence-corrected chi connectivity index (χ1v) is 9.86. The molecular formula is C22H36NO2+. The van der Waals surface area contributed by atoms with Crippen LogP contribution in [0.25, 0.3) is 0 Å². The molecule has 1 aromatic carbocycles. The molecule has 1 N–H and O–H groups in total. The van der Waals surface area contributed by atoms with Crippen molar-refractivity contribution in [2.45, 2.75) is 52.4 Å². The van der Waals surface area contributed by atoms with Crippen LogP contribution >= 0.6 is 0 Å². The van der Waals surface area contributed by atoms with Crippen LogP contribution in [0.15, 0.2) is 30.3 Å². The molecule has 5 atom stereocenters. The number of benzene rings is 1. The highest BCUT2D eigenvalue weighted by molar-refractivity contribution is 5.13. The summed E-state index contributed by atoms with van der Waals surface area (Å²) in [4.78, 5) is 0. The van der Waals surface area contributed by atoms with Crippen molar-refractivity contribution in [2.24, 2.45) is 23.2 Å². The van der Waals surface area contributed by atoms with Crippen molar-refractivity contribution < 1.29 is 14.3 Å². The fourth-order valence-electron chi connectivity index (χ4n) is 5.76. The third-order valence-electron chi connectivity index (χ3n) is 6.89. The van der Waals surface area contributed by atoms with Gasteiger partial charge in [-0.15, -0.1) is 0 Å². The first-order valence-electron chi connectivity index (χ1n) is 9.86. The van der Waals surface area contributed by atoms with Crippen LogP contribution in [0, 0.1) is 23.2 Å². The van der Waals surface area contributed by atoms with Crippen molar-refractivity contribution in [3.05, 3.63) is 35.9 Å². The number of aliphatic hydroxyl groups is 1. The number of nitrogens with zero attached hydrogens (tertiary/aromatic N) is 1. The minimum atomic E-state index is -0.409. The van der Waals surface area contributed by atoms with Gasteiger partial charge in [0.2, 0.25) is 0 Å². The van der Waals surface area contributed by atoms with Gasteiger partial charge in [-0.2, -0.15) is 0 Å². The average molecular weight is 347 g/mol. The quantitative estimate of drug-likeness (QED) is 0.763. The molecule has 0 amide bonds. The van der Waals surface area contributed by atoms with Crippen LogP contribution in [0.1, 0.15) is 39.2 Å². The van der Waals surface area contributed by atoms with Crippen LogP contribution in [0.4, 0.5) is 0 Å². The second kappa shape index (κ2) is 7.02. The van der Waals surface area contributed by atoms with Crippen molar-refractivity contribution in [1.29, 1.82) is 0 Å². The molecule has 3 nitrogen and oxygen atoms in total. The van der Waals surface area contributed by atoms with E-state index in [1.165, 1.54) is 18.4 Å². The van der Waals surface area contributed by atoms with Crippen LogP contribution in [0.3, 0.4) is 0 Å². The Hall–Kier alpha value is -0.900. The molecule has 0 aromatic heterocycles. The Morgan fingerprint density at radius 3 is 2.40 bits per heavy atom. The zero-order valence-corrected chi connectivity index (χ0v) is 16.6. The predicted octanol–water partition coefficient (Wildman–Crippen LogP) is 3.71. The molecule has 2 aliphatic carbocycles. The predicted molar refractivity (Wildman–Crippen MR) is 102 cm³/mol. The van der Waals surface area contributed by atoms with E-state index in [1.54, 1.807) is 0 Å². The monoisotopic (exact) mass is 346 g/mol. The van der Waals surface area contributed by atoms with Gasteiger partial charge in [-0.3, -0.25) is 0 Å². The van der Waals surface area contributed by atoms with Crippen molar-refractivity contribution in [3.63, 3.8) is 0 Å². The van der Waals surface area contributed by atoms with Crippen molar-refractivity contribution in [2.75, 3.05) is 27.2 Å². The number of hydrogen-bond donors (Lipinski definition) is 1. The summed E-state index contributed by atoms with van der Waals surface area (Å²) in [6.45, 7) is 9.27. The third kappa shape index (κ3) is 3.94. The zero-order chi connectivity index (χ0) is 18.2. The van der Waals surface area contributed by atoms with Gasteiger partial charge < -0.3 is 14.3 Å². The molecule has 1 aromatic rings. The fraction of sp³-hybridized carbons (Fsp3) is 0.727. The molecular weight excluding hydrogens is 310 g/mol. The molecule has 0 aliphatic heterocycles. The summed E-state index contributed by atoms with van der Waals surface area (Å²) in [6.07, 6.45) is 2.56. The SMILES string of the molecule is C[C@@H]1[C@H](OC[C@@H](O)C[N+](C)(C)Cc2ccccc2)[C@H]2CC[C@H]1C2(C)C. The van der Waals surface area contributed by atoms with E-state index in [0.29, 0.717) is 36.5 Å². The van der Waals surface area contributed by atoms with E-state index < -0.39 is 6.10 Å². The van der Waals surface area contributed by atoms with Crippen molar-refractivity contribution in [1.82, 2.24) is 0 Å². The van der Waals surface area contributed by atoms with Gasteiger partial charge in [0.25, 0.3) is 0 Å². The lowest BCUT2D eigenvalue weighted by molar-refractivity contribution is -0.906. The molecule has 140 valence electrons. The summed E-state index contributed by atoms with van der Waals surface area (Å²) in [5, 5.41) is 10.6. The van der Waals surface area contributed by atoms with Gasteiger partial charge in [0.05, 0.1) is 26.8 Å². The Kier molecular flexibility index (Phi) is 5.30. The number of quaternary nitrogens is 1. The molecule has 2 bridgehead atoms. The van der Waals surface area contributed by atoms with Crippen LogP contribution in [0.5, 0.6) is 0 Å². The molecule has 25 heavy (non-hydrogen) atoms. The van der Waals surface area contributed by atoms with E-state index in [4.69, 9.17) is 4.74 Å². The average Bonchev–Trinajstić information content (AvgIpc) is 2.91. The lowest BCUT2D eigenvalue weighted by atomic mass is 9.80. The third-order valence-corrected chi connectivity index (χ3v) is 6.89. The molecule has 2 aliphatic rings. The van der Waals surface area contributed by atoms with E-state index in [0.717, 1.165) is 16.9 Å². The van der Waals surface area contributed by atoms with Crippen molar-refractivity contribution >= 4 is 0 Å². The maximum absolute atomic E-state index is 10.6. The van der Waals surface area contributed by atoms with Gasteiger partial charge in [-0.25, -0.2) is 0 Å². The number of likely N-dealkylation sites (N-methyl/N-ethyl adjacent to an activating group) is 1. The summed E-state index contributed by atoms with van der Waals surface area (Å²) in [5.74, 6) is 2.06. The molecule has 3 rings (SSSR count). The summed E-state index contributed by atoms with van der Waals surface area (Å²) in [6, 6.07) is 10.5. The van der Waals surface area contributed by atoms with E-state index in [2.05, 4.69) is 59.1 Å². The molecule has 2 saturated carbocycles. The van der Waals surface area contributed by atoms with Crippen LogP contribution in [-0.4, -0.2) is 49.0 Å². The Balaban J connectivity index is 1.50. The maximum Gasteiger partial charge on any atom is 0.126 e. The zero-order valence-electron chi connectivity index (χ0n) is 16.6. The summed E-state index contributed by atoms with van der Waals surface area (Å²) in [5.41, 5.74) is 1.71. The highest BCUT2D eigenvalue weighted by Gasteiger charge is 2.57. The largest absolute Gasteiger partial charge is 0.385 e. The van der Waals surface area contributed by atoms with Crippen molar-refractivity contribution in [3.8, 4) is 0 Å². The molecule has 2 fully saturated rings. The first kappa shape index (κ1) is 18.9. The molecule has 0 heterocycles. The number of fused-ring (bicyclic) bond motifs is 2. The van der Waals surface area contributed by atoms with Gasteiger partial charge >= 0.3 is 0 Å². The second-order valence-electron chi connectivity index (χ2n) is 9.68. The van der Waals surface area contributed by atoms with E-state index in [1.807, 2.05) is 6.07 Å². The standard InChI is InChI=1S/C22H36NO2/c1-16-19-11-12-20(22(19,2)3)21(16)25-15-18(24)14-23(4,5)13-17-9-7-6-8-10-17/h6-10,16,18-21,24H,11-15H2,1-5H3/q+1/t16-,18-,19+,20+,21-/m0/s1. The lowest BCUT2D eigenvalue weighted by Gasteiger charge is -2.33.